The van der Waals surface area contributed by atoms with E-state index in [0.29, 0.717) is 18.2 Å². The number of methoxy groups -OCH3 is 1. The van der Waals surface area contributed by atoms with E-state index in [4.69, 9.17) is 14.7 Å². The number of aromatic nitrogens is 1. The molecule has 0 amide bonds. The van der Waals surface area contributed by atoms with E-state index in [0.717, 1.165) is 11.3 Å². The van der Waals surface area contributed by atoms with E-state index in [1.165, 1.54) is 0 Å². The van der Waals surface area contributed by atoms with Crippen LogP contribution in [0.2, 0.25) is 0 Å². The number of hydrogen-bond acceptors (Lipinski definition) is 5. The highest BCUT2D eigenvalue weighted by atomic mass is 16.5. The molecule has 0 bridgehead atoms. The fraction of sp³-hybridized carbons (Fsp3) is 0.200. The first-order valence-corrected chi connectivity index (χ1v) is 6.15. The van der Waals surface area contributed by atoms with Crippen molar-refractivity contribution in [2.75, 3.05) is 19.0 Å². The molecule has 0 aliphatic carbocycles. The van der Waals surface area contributed by atoms with Gasteiger partial charge in [0.05, 0.1) is 12.8 Å². The van der Waals surface area contributed by atoms with E-state index in [1.807, 2.05) is 42.5 Å². The lowest BCUT2D eigenvalue weighted by atomic mass is 10.2. The topological polar surface area (TPSA) is 67.2 Å². The Morgan fingerprint density at radius 3 is 2.75 bits per heavy atom. The summed E-state index contributed by atoms with van der Waals surface area (Å²) in [6, 6.07) is 13.3. The average molecular weight is 269 g/mol. The lowest BCUT2D eigenvalue weighted by Crippen LogP contribution is -2.02. The highest BCUT2D eigenvalue weighted by Gasteiger charge is 2.02. The number of benzene rings is 1. The molecule has 1 aromatic heterocycles. The van der Waals surface area contributed by atoms with Crippen LogP contribution in [0.5, 0.6) is 11.6 Å². The fourth-order valence-electron chi connectivity index (χ4n) is 1.70. The smallest absolute Gasteiger partial charge is 0.237 e. The third-order valence-corrected chi connectivity index (χ3v) is 2.67. The Morgan fingerprint density at radius 1 is 1.25 bits per heavy atom. The normalized spacial score (nSPS) is 9.60. The molecule has 2 rings (SSSR count). The fourth-order valence-corrected chi connectivity index (χ4v) is 1.70. The van der Waals surface area contributed by atoms with Gasteiger partial charge in [-0.05, 0) is 29.8 Å². The van der Waals surface area contributed by atoms with Gasteiger partial charge in [-0.15, -0.1) is 0 Å². The Balaban J connectivity index is 1.95. The van der Waals surface area contributed by atoms with Gasteiger partial charge in [0.15, 0.2) is 6.61 Å². The molecule has 102 valence electrons. The third kappa shape index (κ3) is 3.62. The summed E-state index contributed by atoms with van der Waals surface area (Å²) < 4.78 is 10.4. The molecule has 1 aromatic carbocycles. The minimum Gasteiger partial charge on any atom is -0.480 e. The molecule has 5 nitrogen and oxygen atoms in total. The van der Waals surface area contributed by atoms with Gasteiger partial charge >= 0.3 is 0 Å². The highest BCUT2D eigenvalue weighted by Crippen LogP contribution is 2.21. The van der Waals surface area contributed by atoms with Crippen LogP contribution < -0.4 is 14.8 Å². The second kappa shape index (κ2) is 7.00. The predicted molar refractivity (Wildman–Crippen MR) is 75.7 cm³/mol. The Labute approximate surface area is 117 Å². The molecule has 5 heteroatoms. The molecule has 1 N–H and O–H groups in total. The predicted octanol–water partition coefficient (Wildman–Crippen LogP) is 2.60. The van der Waals surface area contributed by atoms with Crippen LogP contribution in [0.25, 0.3) is 0 Å². The standard InChI is InChI=1S/C15H15N3O2/c1-19-15-14(3-2-9-17-15)18-11-12-4-6-13(7-5-12)20-10-8-16/h2-7,9,18H,10-11H2,1H3. The van der Waals surface area contributed by atoms with Crippen LogP contribution in [-0.4, -0.2) is 18.7 Å². The van der Waals surface area contributed by atoms with E-state index >= 15 is 0 Å². The van der Waals surface area contributed by atoms with Crippen LogP contribution in [0.3, 0.4) is 0 Å². The number of pyridine rings is 1. The molecule has 0 saturated carbocycles. The van der Waals surface area contributed by atoms with Gasteiger partial charge in [-0.3, -0.25) is 0 Å². The molecule has 0 aliphatic heterocycles. The Kier molecular flexibility index (Phi) is 4.79. The summed E-state index contributed by atoms with van der Waals surface area (Å²) in [4.78, 5) is 4.12. The van der Waals surface area contributed by atoms with Crippen molar-refractivity contribution >= 4 is 5.69 Å². The number of nitrogens with one attached hydrogen (secondary N) is 1. The zero-order valence-electron chi connectivity index (χ0n) is 11.2. The molecule has 0 unspecified atom stereocenters. The zero-order chi connectivity index (χ0) is 14.2. The lowest BCUT2D eigenvalue weighted by molar-refractivity contribution is 0.368. The monoisotopic (exact) mass is 269 g/mol. The minimum atomic E-state index is 0.0600. The third-order valence-electron chi connectivity index (χ3n) is 2.67. The maximum absolute atomic E-state index is 8.44. The summed E-state index contributed by atoms with van der Waals surface area (Å²) in [6.45, 7) is 0.713. The van der Waals surface area contributed by atoms with Crippen LogP contribution in [0, 0.1) is 11.3 Å². The Hall–Kier alpha value is -2.74. The summed E-state index contributed by atoms with van der Waals surface area (Å²) in [5.41, 5.74) is 1.94. The van der Waals surface area contributed by atoms with Gasteiger partial charge in [0.25, 0.3) is 0 Å². The van der Waals surface area contributed by atoms with Gasteiger partial charge in [-0.1, -0.05) is 12.1 Å². The number of nitrogens with zero attached hydrogens (tertiary/aromatic N) is 2. The maximum atomic E-state index is 8.44. The van der Waals surface area contributed by atoms with Gasteiger partial charge in [0.1, 0.15) is 11.8 Å². The molecule has 0 aliphatic rings. The first-order chi connectivity index (χ1) is 9.83. The summed E-state index contributed by atoms with van der Waals surface area (Å²) in [5, 5.41) is 11.7. The van der Waals surface area contributed by atoms with Gasteiger partial charge in [0, 0.05) is 12.7 Å². The van der Waals surface area contributed by atoms with E-state index < -0.39 is 0 Å². The summed E-state index contributed by atoms with van der Waals surface area (Å²) in [5.74, 6) is 1.26. The van der Waals surface area contributed by atoms with Gasteiger partial charge in [0.2, 0.25) is 5.88 Å². The second-order valence-corrected chi connectivity index (χ2v) is 4.00. The first-order valence-electron chi connectivity index (χ1n) is 6.15. The summed E-state index contributed by atoms with van der Waals surface area (Å²) >= 11 is 0. The Bertz CT molecular complexity index is 591. The first kappa shape index (κ1) is 13.7. The number of nitriles is 1. The molecular formula is C15H15N3O2. The van der Waals surface area contributed by atoms with E-state index in [9.17, 15) is 0 Å². The molecule has 0 atom stereocenters. The molecule has 0 spiro atoms. The quantitative estimate of drug-likeness (QED) is 0.873. The van der Waals surface area contributed by atoms with Gasteiger partial charge < -0.3 is 14.8 Å². The largest absolute Gasteiger partial charge is 0.480 e. The number of rotatable bonds is 6. The minimum absolute atomic E-state index is 0.0600. The lowest BCUT2D eigenvalue weighted by Gasteiger charge is -2.10. The van der Waals surface area contributed by atoms with Crippen LogP contribution in [0.4, 0.5) is 5.69 Å². The van der Waals surface area contributed by atoms with Crippen LogP contribution in [-0.2, 0) is 6.54 Å². The van der Waals surface area contributed by atoms with Crippen molar-refractivity contribution in [3.8, 4) is 17.7 Å². The number of hydrogen-bond donors (Lipinski definition) is 1. The summed E-state index contributed by atoms with van der Waals surface area (Å²) in [6.07, 6.45) is 1.69. The molecule has 0 fully saturated rings. The van der Waals surface area contributed by atoms with Crippen molar-refractivity contribution in [1.82, 2.24) is 4.98 Å². The van der Waals surface area contributed by atoms with Crippen molar-refractivity contribution in [2.45, 2.75) is 6.54 Å². The van der Waals surface area contributed by atoms with Crippen molar-refractivity contribution in [3.63, 3.8) is 0 Å². The summed E-state index contributed by atoms with van der Waals surface area (Å²) in [7, 11) is 1.59. The van der Waals surface area contributed by atoms with Gasteiger partial charge in [-0.25, -0.2) is 4.98 Å². The van der Waals surface area contributed by atoms with E-state index in [-0.39, 0.29) is 6.61 Å². The molecule has 1 heterocycles. The van der Waals surface area contributed by atoms with Gasteiger partial charge in [-0.2, -0.15) is 5.26 Å². The van der Waals surface area contributed by atoms with E-state index in [2.05, 4.69) is 10.3 Å². The highest BCUT2D eigenvalue weighted by molar-refractivity contribution is 5.52. The molecule has 0 radical (unpaired) electrons. The van der Waals surface area contributed by atoms with Crippen LogP contribution in [0.15, 0.2) is 42.6 Å². The molecule has 20 heavy (non-hydrogen) atoms. The van der Waals surface area contributed by atoms with Crippen LogP contribution >= 0.6 is 0 Å². The molecule has 2 aromatic rings. The van der Waals surface area contributed by atoms with Crippen molar-refractivity contribution in [3.05, 3.63) is 48.2 Å². The zero-order valence-corrected chi connectivity index (χ0v) is 11.2. The van der Waals surface area contributed by atoms with E-state index in [1.54, 1.807) is 13.3 Å². The maximum Gasteiger partial charge on any atom is 0.237 e. The molecule has 0 saturated heterocycles. The number of ether oxygens (including phenoxy) is 2. The van der Waals surface area contributed by atoms with Crippen LogP contribution in [0.1, 0.15) is 5.56 Å². The second-order valence-electron chi connectivity index (χ2n) is 4.00. The van der Waals surface area contributed by atoms with Crippen molar-refractivity contribution < 1.29 is 9.47 Å². The van der Waals surface area contributed by atoms with Crippen molar-refractivity contribution in [2.24, 2.45) is 0 Å². The SMILES string of the molecule is COc1ncccc1NCc1ccc(OCC#N)cc1. The average Bonchev–Trinajstić information content (AvgIpc) is 2.52. The number of anilines is 1. The molecular weight excluding hydrogens is 254 g/mol. The van der Waals surface area contributed by atoms with Crippen molar-refractivity contribution in [1.29, 1.82) is 5.26 Å². The Morgan fingerprint density at radius 2 is 2.05 bits per heavy atom.